The summed E-state index contributed by atoms with van der Waals surface area (Å²) in [5.74, 6) is 0. The number of rotatable bonds is 7. The lowest BCUT2D eigenvalue weighted by atomic mass is 9.84. The Morgan fingerprint density at radius 2 is 1.45 bits per heavy atom. The fourth-order valence-corrected chi connectivity index (χ4v) is 2.42. The van der Waals surface area contributed by atoms with E-state index in [9.17, 15) is 0 Å². The van der Waals surface area contributed by atoms with E-state index in [1.807, 2.05) is 36.4 Å². The third-order valence-electron chi connectivity index (χ3n) is 3.40. The molecular formula is C16H22N4. The van der Waals surface area contributed by atoms with Crippen molar-refractivity contribution in [2.24, 2.45) is 11.5 Å². The SMILES string of the molecule is NCCCC(N)(Cc1ccccn1)Cc1ccccn1. The normalized spacial score (nSPS) is 11.5. The molecule has 4 nitrogen and oxygen atoms in total. The summed E-state index contributed by atoms with van der Waals surface area (Å²) in [7, 11) is 0. The molecule has 0 amide bonds. The molecule has 20 heavy (non-hydrogen) atoms. The maximum absolute atomic E-state index is 6.61. The second-order valence-electron chi connectivity index (χ2n) is 5.25. The van der Waals surface area contributed by atoms with Crippen molar-refractivity contribution in [3.05, 3.63) is 60.2 Å². The molecule has 2 rings (SSSR count). The van der Waals surface area contributed by atoms with Crippen LogP contribution in [0.2, 0.25) is 0 Å². The van der Waals surface area contributed by atoms with Crippen molar-refractivity contribution in [1.29, 1.82) is 0 Å². The van der Waals surface area contributed by atoms with E-state index in [0.717, 1.165) is 37.1 Å². The highest BCUT2D eigenvalue weighted by Gasteiger charge is 2.26. The van der Waals surface area contributed by atoms with Crippen LogP contribution >= 0.6 is 0 Å². The molecule has 0 spiro atoms. The molecule has 0 aliphatic rings. The van der Waals surface area contributed by atoms with E-state index in [-0.39, 0.29) is 5.54 Å². The third-order valence-corrected chi connectivity index (χ3v) is 3.40. The van der Waals surface area contributed by atoms with E-state index in [4.69, 9.17) is 11.5 Å². The molecule has 0 unspecified atom stereocenters. The molecule has 4 heteroatoms. The zero-order valence-corrected chi connectivity index (χ0v) is 11.7. The minimum absolute atomic E-state index is 0.345. The van der Waals surface area contributed by atoms with Crippen molar-refractivity contribution in [3.63, 3.8) is 0 Å². The molecule has 2 aromatic rings. The summed E-state index contributed by atoms with van der Waals surface area (Å²) in [6.07, 6.45) is 6.88. The molecule has 0 saturated carbocycles. The highest BCUT2D eigenvalue weighted by atomic mass is 14.8. The van der Waals surface area contributed by atoms with Gasteiger partial charge in [-0.25, -0.2) is 0 Å². The first-order chi connectivity index (χ1) is 9.72. The predicted molar refractivity (Wildman–Crippen MR) is 81.1 cm³/mol. The van der Waals surface area contributed by atoms with Crippen molar-refractivity contribution >= 4 is 0 Å². The molecule has 106 valence electrons. The molecule has 0 radical (unpaired) electrons. The largest absolute Gasteiger partial charge is 0.330 e. The Labute approximate surface area is 120 Å². The lowest BCUT2D eigenvalue weighted by molar-refractivity contribution is 0.372. The Balaban J connectivity index is 2.12. The Morgan fingerprint density at radius 1 is 0.900 bits per heavy atom. The van der Waals surface area contributed by atoms with E-state index in [1.54, 1.807) is 12.4 Å². The Hall–Kier alpha value is -1.78. The molecule has 2 aromatic heterocycles. The van der Waals surface area contributed by atoms with Crippen LogP contribution in [0.5, 0.6) is 0 Å². The van der Waals surface area contributed by atoms with Gasteiger partial charge >= 0.3 is 0 Å². The van der Waals surface area contributed by atoms with Crippen LogP contribution in [0.25, 0.3) is 0 Å². The molecule has 0 aromatic carbocycles. The van der Waals surface area contributed by atoms with Gasteiger partial charge in [-0.05, 0) is 43.7 Å². The third kappa shape index (κ3) is 4.40. The van der Waals surface area contributed by atoms with Gasteiger partial charge in [0.25, 0.3) is 0 Å². The van der Waals surface area contributed by atoms with Crippen molar-refractivity contribution in [1.82, 2.24) is 9.97 Å². The van der Waals surface area contributed by atoms with Crippen LogP contribution in [0.1, 0.15) is 24.2 Å². The summed E-state index contributed by atoms with van der Waals surface area (Å²) in [6.45, 7) is 0.656. The number of hydrogen-bond acceptors (Lipinski definition) is 4. The maximum Gasteiger partial charge on any atom is 0.0422 e. The summed E-state index contributed by atoms with van der Waals surface area (Å²) in [4.78, 5) is 8.76. The Morgan fingerprint density at radius 3 is 1.85 bits per heavy atom. The molecule has 2 heterocycles. The first-order valence-electron chi connectivity index (χ1n) is 7.01. The van der Waals surface area contributed by atoms with Gasteiger partial charge in [0, 0.05) is 42.2 Å². The number of nitrogens with two attached hydrogens (primary N) is 2. The lowest BCUT2D eigenvalue weighted by Crippen LogP contribution is -2.45. The van der Waals surface area contributed by atoms with Crippen molar-refractivity contribution < 1.29 is 0 Å². The van der Waals surface area contributed by atoms with Crippen LogP contribution < -0.4 is 11.5 Å². The number of nitrogens with zero attached hydrogens (tertiary/aromatic N) is 2. The van der Waals surface area contributed by atoms with Gasteiger partial charge < -0.3 is 11.5 Å². The molecule has 0 fully saturated rings. The lowest BCUT2D eigenvalue weighted by Gasteiger charge is -2.29. The van der Waals surface area contributed by atoms with Gasteiger partial charge in [-0.3, -0.25) is 9.97 Å². The molecule has 0 aliphatic carbocycles. The van der Waals surface area contributed by atoms with E-state index < -0.39 is 0 Å². The molecular weight excluding hydrogens is 248 g/mol. The van der Waals surface area contributed by atoms with E-state index >= 15 is 0 Å². The van der Waals surface area contributed by atoms with Gasteiger partial charge in [-0.15, -0.1) is 0 Å². The first-order valence-corrected chi connectivity index (χ1v) is 7.01. The topological polar surface area (TPSA) is 77.8 Å². The van der Waals surface area contributed by atoms with Crippen LogP contribution in [-0.2, 0) is 12.8 Å². The highest BCUT2D eigenvalue weighted by molar-refractivity contribution is 5.13. The standard InChI is InChI=1S/C16H22N4/c17-9-5-8-16(18,12-14-6-1-3-10-19-14)13-15-7-2-4-11-20-15/h1-4,6-7,10-11H,5,8-9,12-13,17-18H2. The summed E-state index contributed by atoms with van der Waals surface area (Å²) in [5, 5.41) is 0. The second kappa shape index (κ2) is 7.12. The van der Waals surface area contributed by atoms with Gasteiger partial charge in [0.15, 0.2) is 0 Å². The van der Waals surface area contributed by atoms with Gasteiger partial charge in [-0.2, -0.15) is 0 Å². The quantitative estimate of drug-likeness (QED) is 0.802. The molecule has 0 atom stereocenters. The first kappa shape index (κ1) is 14.6. The van der Waals surface area contributed by atoms with Crippen molar-refractivity contribution in [3.8, 4) is 0 Å². The van der Waals surface area contributed by atoms with E-state index in [1.165, 1.54) is 0 Å². The van der Waals surface area contributed by atoms with E-state index in [2.05, 4.69) is 9.97 Å². The smallest absolute Gasteiger partial charge is 0.0422 e. The van der Waals surface area contributed by atoms with Crippen LogP contribution in [0.4, 0.5) is 0 Å². The second-order valence-corrected chi connectivity index (χ2v) is 5.25. The van der Waals surface area contributed by atoms with Crippen LogP contribution in [0, 0.1) is 0 Å². The molecule has 0 aliphatic heterocycles. The average molecular weight is 270 g/mol. The van der Waals surface area contributed by atoms with Gasteiger partial charge in [0.2, 0.25) is 0 Å². The minimum Gasteiger partial charge on any atom is -0.330 e. The summed E-state index contributed by atoms with van der Waals surface area (Å²) in [6, 6.07) is 11.9. The Bertz CT molecular complexity index is 457. The van der Waals surface area contributed by atoms with Gasteiger partial charge in [-0.1, -0.05) is 12.1 Å². The minimum atomic E-state index is -0.345. The molecule has 0 bridgehead atoms. The number of aromatic nitrogens is 2. The maximum atomic E-state index is 6.61. The van der Waals surface area contributed by atoms with Crippen molar-refractivity contribution in [2.75, 3.05) is 6.54 Å². The zero-order valence-electron chi connectivity index (χ0n) is 11.7. The Kier molecular flexibility index (Phi) is 5.21. The predicted octanol–water partition coefficient (Wildman–Crippen LogP) is 1.70. The summed E-state index contributed by atoms with van der Waals surface area (Å²) < 4.78 is 0. The highest BCUT2D eigenvalue weighted by Crippen LogP contribution is 2.20. The fourth-order valence-electron chi connectivity index (χ4n) is 2.42. The monoisotopic (exact) mass is 270 g/mol. The number of hydrogen-bond donors (Lipinski definition) is 2. The van der Waals surface area contributed by atoms with Gasteiger partial charge in [0.05, 0.1) is 0 Å². The molecule has 0 saturated heterocycles. The molecule has 4 N–H and O–H groups in total. The van der Waals surface area contributed by atoms with Crippen LogP contribution in [-0.4, -0.2) is 22.1 Å². The fraction of sp³-hybridized carbons (Fsp3) is 0.375. The van der Waals surface area contributed by atoms with Gasteiger partial charge in [0.1, 0.15) is 0 Å². The average Bonchev–Trinajstić information content (AvgIpc) is 2.47. The number of pyridine rings is 2. The van der Waals surface area contributed by atoms with Crippen molar-refractivity contribution in [2.45, 2.75) is 31.2 Å². The van der Waals surface area contributed by atoms with Crippen LogP contribution in [0.15, 0.2) is 48.8 Å². The summed E-state index contributed by atoms with van der Waals surface area (Å²) in [5.41, 5.74) is 13.9. The van der Waals surface area contributed by atoms with E-state index in [0.29, 0.717) is 6.54 Å². The zero-order chi connectivity index (χ0) is 14.3. The van der Waals surface area contributed by atoms with Crippen LogP contribution in [0.3, 0.4) is 0 Å². The summed E-state index contributed by atoms with van der Waals surface area (Å²) >= 11 is 0.